The van der Waals surface area contributed by atoms with Crippen molar-refractivity contribution in [2.75, 3.05) is 32.1 Å². The van der Waals surface area contributed by atoms with Crippen LogP contribution in [-0.2, 0) is 9.53 Å². The van der Waals surface area contributed by atoms with Gasteiger partial charge in [-0.15, -0.1) is 0 Å². The molecule has 0 saturated carbocycles. The fourth-order valence-electron chi connectivity index (χ4n) is 2.60. The van der Waals surface area contributed by atoms with E-state index in [9.17, 15) is 9.59 Å². The molecule has 0 fully saturated rings. The number of quaternary nitrogens is 1. The Balaban J connectivity index is 2.38. The van der Waals surface area contributed by atoms with Gasteiger partial charge in [0.25, 0.3) is 5.91 Å². The molecule has 0 aliphatic heterocycles. The normalized spacial score (nSPS) is 11.0. The molecule has 0 aliphatic rings. The van der Waals surface area contributed by atoms with Crippen LogP contribution in [0.15, 0.2) is 18.2 Å². The number of aromatic nitrogens is 1. The van der Waals surface area contributed by atoms with Crippen LogP contribution in [-0.4, -0.2) is 43.6 Å². The average molecular weight is 318 g/mol. The number of rotatable bonds is 6. The number of fused-ring (bicyclic) bond motifs is 1. The van der Waals surface area contributed by atoms with Gasteiger partial charge in [0, 0.05) is 10.9 Å². The van der Waals surface area contributed by atoms with E-state index < -0.39 is 5.97 Å². The summed E-state index contributed by atoms with van der Waals surface area (Å²) < 4.78 is 4.82. The Morgan fingerprint density at radius 2 is 1.96 bits per heavy atom. The zero-order valence-corrected chi connectivity index (χ0v) is 14.1. The van der Waals surface area contributed by atoms with E-state index in [1.807, 2.05) is 39.0 Å². The van der Waals surface area contributed by atoms with Crippen molar-refractivity contribution >= 4 is 28.5 Å². The maximum atomic E-state index is 12.3. The quantitative estimate of drug-likeness (QED) is 0.699. The number of H-pyrrole nitrogens is 1. The molecule has 23 heavy (non-hydrogen) atoms. The van der Waals surface area contributed by atoms with Crippen molar-refractivity contribution < 1.29 is 19.2 Å². The van der Waals surface area contributed by atoms with Crippen LogP contribution in [0.1, 0.15) is 29.9 Å². The van der Waals surface area contributed by atoms with Crippen LogP contribution in [0.3, 0.4) is 0 Å². The maximum absolute atomic E-state index is 12.3. The lowest BCUT2D eigenvalue weighted by molar-refractivity contribution is -0.888. The highest BCUT2D eigenvalue weighted by molar-refractivity contribution is 6.11. The molecule has 2 aromatic rings. The number of methoxy groups -OCH3 is 1. The first-order chi connectivity index (χ1) is 11.0. The Kier molecular flexibility index (Phi) is 5.39. The summed E-state index contributed by atoms with van der Waals surface area (Å²) in [5.41, 5.74) is 2.61. The Hall–Kier alpha value is -2.34. The number of aryl methyl sites for hydroxylation is 1. The number of hydrogen-bond acceptors (Lipinski definition) is 3. The summed E-state index contributed by atoms with van der Waals surface area (Å²) in [6.07, 6.45) is 0. The van der Waals surface area contributed by atoms with Gasteiger partial charge in [-0.3, -0.25) is 4.79 Å². The van der Waals surface area contributed by atoms with E-state index in [1.54, 1.807) is 0 Å². The molecule has 1 amide bonds. The lowest BCUT2D eigenvalue weighted by Gasteiger charge is -2.15. The lowest BCUT2D eigenvalue weighted by Crippen LogP contribution is -3.12. The summed E-state index contributed by atoms with van der Waals surface area (Å²) in [5.74, 6) is -0.611. The molecular weight excluding hydrogens is 294 g/mol. The van der Waals surface area contributed by atoms with Gasteiger partial charge in [-0.25, -0.2) is 4.79 Å². The number of likely N-dealkylation sites (N-methyl/N-ethyl adjacent to an activating group) is 1. The van der Waals surface area contributed by atoms with Crippen molar-refractivity contribution in [1.82, 2.24) is 4.98 Å². The second kappa shape index (κ2) is 7.28. The summed E-state index contributed by atoms with van der Waals surface area (Å²) in [7, 11) is 1.32. The number of nitrogens with one attached hydrogen (secondary N) is 3. The molecule has 0 unspecified atom stereocenters. The zero-order chi connectivity index (χ0) is 17.0. The molecule has 6 heteroatoms. The highest BCUT2D eigenvalue weighted by Crippen LogP contribution is 2.29. The molecule has 0 atom stereocenters. The molecule has 3 N–H and O–H groups in total. The van der Waals surface area contributed by atoms with Crippen LogP contribution in [0.4, 0.5) is 5.69 Å². The number of ether oxygens (including phenoxy) is 1. The van der Waals surface area contributed by atoms with Gasteiger partial charge in [0.05, 0.1) is 25.9 Å². The molecule has 0 radical (unpaired) electrons. The van der Waals surface area contributed by atoms with E-state index in [2.05, 4.69) is 10.3 Å². The topological polar surface area (TPSA) is 75.6 Å². The minimum Gasteiger partial charge on any atom is -0.464 e. The van der Waals surface area contributed by atoms with Crippen LogP contribution < -0.4 is 10.2 Å². The predicted octanol–water partition coefficient (Wildman–Crippen LogP) is 1.13. The van der Waals surface area contributed by atoms with Gasteiger partial charge in [-0.1, -0.05) is 11.6 Å². The zero-order valence-electron chi connectivity index (χ0n) is 14.1. The Bertz CT molecular complexity index is 717. The second-order valence-corrected chi connectivity index (χ2v) is 5.60. The van der Waals surface area contributed by atoms with E-state index in [-0.39, 0.29) is 11.6 Å². The van der Waals surface area contributed by atoms with E-state index >= 15 is 0 Å². The van der Waals surface area contributed by atoms with Crippen LogP contribution in [0.2, 0.25) is 0 Å². The van der Waals surface area contributed by atoms with Crippen LogP contribution in [0.25, 0.3) is 10.9 Å². The van der Waals surface area contributed by atoms with Gasteiger partial charge in [0.2, 0.25) is 0 Å². The molecule has 1 aromatic carbocycles. The number of carbonyl (C=O) groups excluding carboxylic acids is 2. The van der Waals surface area contributed by atoms with Gasteiger partial charge in [0.1, 0.15) is 5.69 Å². The molecule has 0 aliphatic carbocycles. The number of esters is 1. The van der Waals surface area contributed by atoms with Crippen molar-refractivity contribution in [3.05, 3.63) is 29.5 Å². The van der Waals surface area contributed by atoms with Crippen LogP contribution in [0.5, 0.6) is 0 Å². The highest BCUT2D eigenvalue weighted by Gasteiger charge is 2.21. The third-order valence-electron chi connectivity index (χ3n) is 4.02. The number of hydrogen-bond donors (Lipinski definition) is 3. The van der Waals surface area contributed by atoms with E-state index in [4.69, 9.17) is 4.74 Å². The van der Waals surface area contributed by atoms with Crippen LogP contribution >= 0.6 is 0 Å². The molecule has 6 nitrogen and oxygen atoms in total. The van der Waals surface area contributed by atoms with Gasteiger partial charge < -0.3 is 19.9 Å². The summed E-state index contributed by atoms with van der Waals surface area (Å²) in [6, 6.07) is 5.78. The fraction of sp³-hybridized carbons (Fsp3) is 0.412. The largest absolute Gasteiger partial charge is 0.464 e. The first-order valence-electron chi connectivity index (χ1n) is 7.84. The molecule has 124 valence electrons. The van der Waals surface area contributed by atoms with Crippen molar-refractivity contribution in [3.8, 4) is 0 Å². The van der Waals surface area contributed by atoms with Gasteiger partial charge in [0.15, 0.2) is 6.54 Å². The van der Waals surface area contributed by atoms with Gasteiger partial charge in [-0.2, -0.15) is 0 Å². The summed E-state index contributed by atoms with van der Waals surface area (Å²) in [5, 5.41) is 3.70. The molecule has 0 spiro atoms. The van der Waals surface area contributed by atoms with Crippen molar-refractivity contribution in [3.63, 3.8) is 0 Å². The lowest BCUT2D eigenvalue weighted by atomic mass is 10.1. The summed E-state index contributed by atoms with van der Waals surface area (Å²) >= 11 is 0. The van der Waals surface area contributed by atoms with E-state index in [0.29, 0.717) is 12.2 Å². The minimum atomic E-state index is -0.496. The molecular formula is C17H24N3O3+. The summed E-state index contributed by atoms with van der Waals surface area (Å²) in [6.45, 7) is 8.17. The fourth-order valence-corrected chi connectivity index (χ4v) is 2.60. The number of carbonyl (C=O) groups is 2. The smallest absolute Gasteiger partial charge is 0.356 e. The molecule has 0 bridgehead atoms. The SMILES string of the molecule is CC[NH+](CC)CC(=O)Nc1c(C(=O)OC)[nH]c2ccc(C)cc12. The van der Waals surface area contributed by atoms with E-state index in [0.717, 1.165) is 29.6 Å². The average Bonchev–Trinajstić information content (AvgIpc) is 2.89. The van der Waals surface area contributed by atoms with E-state index in [1.165, 1.54) is 12.0 Å². The number of aromatic amines is 1. The Morgan fingerprint density at radius 1 is 1.26 bits per heavy atom. The highest BCUT2D eigenvalue weighted by atomic mass is 16.5. The van der Waals surface area contributed by atoms with Crippen molar-refractivity contribution in [1.29, 1.82) is 0 Å². The standard InChI is InChI=1S/C17H23N3O3/c1-5-20(6-2)10-14(21)19-15-12-9-11(3)7-8-13(12)18-16(15)17(22)23-4/h7-9,18H,5-6,10H2,1-4H3,(H,19,21)/p+1. The molecule has 0 saturated heterocycles. The minimum absolute atomic E-state index is 0.115. The first-order valence-corrected chi connectivity index (χ1v) is 7.84. The third-order valence-corrected chi connectivity index (χ3v) is 4.02. The Labute approximate surface area is 135 Å². The number of amides is 1. The molecule has 1 heterocycles. The molecule has 1 aromatic heterocycles. The summed E-state index contributed by atoms with van der Waals surface area (Å²) in [4.78, 5) is 28.5. The number of anilines is 1. The second-order valence-electron chi connectivity index (χ2n) is 5.60. The predicted molar refractivity (Wildman–Crippen MR) is 89.9 cm³/mol. The van der Waals surface area contributed by atoms with Gasteiger partial charge in [-0.05, 0) is 32.9 Å². The Morgan fingerprint density at radius 3 is 2.57 bits per heavy atom. The van der Waals surface area contributed by atoms with Crippen molar-refractivity contribution in [2.24, 2.45) is 0 Å². The monoisotopic (exact) mass is 318 g/mol. The van der Waals surface area contributed by atoms with Crippen molar-refractivity contribution in [2.45, 2.75) is 20.8 Å². The maximum Gasteiger partial charge on any atom is 0.356 e. The van der Waals surface area contributed by atoms with Crippen LogP contribution in [0, 0.1) is 6.92 Å². The third kappa shape index (κ3) is 3.71. The first kappa shape index (κ1) is 17.0. The van der Waals surface area contributed by atoms with Gasteiger partial charge >= 0.3 is 5.97 Å². The molecule has 2 rings (SSSR count). The number of benzene rings is 1.